The summed E-state index contributed by atoms with van der Waals surface area (Å²) in [6.45, 7) is 4.30. The van der Waals surface area contributed by atoms with Gasteiger partial charge < -0.3 is 4.74 Å². The van der Waals surface area contributed by atoms with E-state index in [-0.39, 0.29) is 12.5 Å². The molecule has 1 fully saturated rings. The number of methoxy groups -OCH3 is 1. The largest absolute Gasteiger partial charge is 0.469 e. The zero-order valence-corrected chi connectivity index (χ0v) is 17.7. The first kappa shape index (κ1) is 19.4. The van der Waals surface area contributed by atoms with E-state index in [1.165, 1.54) is 21.0 Å². The van der Waals surface area contributed by atoms with Crippen molar-refractivity contribution >= 4 is 11.5 Å². The van der Waals surface area contributed by atoms with Gasteiger partial charge in [0.2, 0.25) is 0 Å². The fraction of sp³-hybridized carbons (Fsp3) is 0.292. The summed E-state index contributed by atoms with van der Waals surface area (Å²) in [7, 11) is 1.35. The summed E-state index contributed by atoms with van der Waals surface area (Å²) in [5, 5.41) is 0. The van der Waals surface area contributed by atoms with Gasteiger partial charge in [-0.1, -0.05) is 42.5 Å². The third-order valence-electron chi connectivity index (χ3n) is 6.52. The van der Waals surface area contributed by atoms with E-state index in [0.717, 1.165) is 22.3 Å². The maximum absolute atomic E-state index is 13.6. The number of hydrogen-bond acceptors (Lipinski definition) is 4. The molecule has 2 atom stereocenters. The van der Waals surface area contributed by atoms with Gasteiger partial charge in [0, 0.05) is 0 Å². The smallest absolute Gasteiger partial charge is 0.352 e. The second kappa shape index (κ2) is 6.70. The van der Waals surface area contributed by atoms with Crippen LogP contribution in [0.15, 0.2) is 64.2 Å². The molecule has 0 saturated heterocycles. The molecule has 7 heteroatoms. The van der Waals surface area contributed by atoms with Crippen LogP contribution in [0.5, 0.6) is 0 Å². The Kier molecular flexibility index (Phi) is 4.18. The van der Waals surface area contributed by atoms with E-state index >= 15 is 0 Å². The van der Waals surface area contributed by atoms with E-state index in [2.05, 4.69) is 0 Å². The van der Waals surface area contributed by atoms with Gasteiger partial charge in [-0.25, -0.2) is 23.5 Å². The molecule has 7 nitrogen and oxygen atoms in total. The molecule has 0 bridgehead atoms. The number of aryl methyl sites for hydroxylation is 2. The molecule has 2 heterocycles. The number of benzene rings is 2. The van der Waals surface area contributed by atoms with Crippen LogP contribution < -0.4 is 11.4 Å². The Morgan fingerprint density at radius 2 is 1.68 bits per heavy atom. The highest BCUT2D eigenvalue weighted by Crippen LogP contribution is 2.60. The van der Waals surface area contributed by atoms with Crippen LogP contribution in [0.4, 0.5) is 0 Å². The first-order valence-electron chi connectivity index (χ1n) is 10.3. The standard InChI is InChI=1S/C24H23N3O4/c1-15-8-7-9-16(2)20(15)18-12-13-25-22(29)26(17-10-5-4-6-11-17)23(30)27(25)24(18)14-19(24)21(28)31-3/h4-12,19H,13-14H2,1-3H3/t19?,24-/m1/s1. The van der Waals surface area contributed by atoms with Gasteiger partial charge in [-0.2, -0.15) is 0 Å². The van der Waals surface area contributed by atoms with Crippen LogP contribution in [-0.2, 0) is 21.6 Å². The molecule has 1 spiro atoms. The number of para-hydroxylation sites is 1. The average molecular weight is 417 g/mol. The normalized spacial score (nSPS) is 21.5. The minimum atomic E-state index is -0.932. The summed E-state index contributed by atoms with van der Waals surface area (Å²) in [5.74, 6) is -0.907. The Morgan fingerprint density at radius 3 is 2.32 bits per heavy atom. The van der Waals surface area contributed by atoms with Gasteiger partial charge in [0.05, 0.1) is 25.3 Å². The average Bonchev–Trinajstić information content (AvgIpc) is 3.43. The lowest BCUT2D eigenvalue weighted by Crippen LogP contribution is -2.42. The van der Waals surface area contributed by atoms with Crippen molar-refractivity contribution in [2.45, 2.75) is 32.4 Å². The van der Waals surface area contributed by atoms with Gasteiger partial charge in [-0.3, -0.25) is 4.79 Å². The second-order valence-electron chi connectivity index (χ2n) is 8.22. The number of carbonyl (C=O) groups excluding carboxylic acids is 1. The van der Waals surface area contributed by atoms with Crippen LogP contribution in [0.2, 0.25) is 0 Å². The number of esters is 1. The van der Waals surface area contributed by atoms with Gasteiger partial charge in [-0.15, -0.1) is 0 Å². The molecule has 1 aromatic heterocycles. The van der Waals surface area contributed by atoms with Crippen molar-refractivity contribution in [1.82, 2.24) is 13.9 Å². The summed E-state index contributed by atoms with van der Waals surface area (Å²) in [4.78, 5) is 39.5. The first-order chi connectivity index (χ1) is 14.9. The SMILES string of the molecule is COC(=O)C1C[C@@]12C(c1c(C)cccc1C)=CCn1c(=O)n(-c3ccccc3)c(=O)n12. The molecule has 2 aliphatic rings. The number of aromatic nitrogens is 3. The summed E-state index contributed by atoms with van der Waals surface area (Å²) in [5.41, 5.74) is 2.77. The van der Waals surface area contributed by atoms with Crippen molar-refractivity contribution in [1.29, 1.82) is 0 Å². The summed E-state index contributed by atoms with van der Waals surface area (Å²) >= 11 is 0. The molecule has 0 amide bonds. The number of nitrogens with zero attached hydrogens (tertiary/aromatic N) is 3. The van der Waals surface area contributed by atoms with Crippen LogP contribution in [0.3, 0.4) is 0 Å². The molecule has 158 valence electrons. The summed E-state index contributed by atoms with van der Waals surface area (Å²) in [6.07, 6.45) is 2.39. The number of allylic oxidation sites excluding steroid dienone is 2. The second-order valence-corrected chi connectivity index (χ2v) is 8.22. The predicted octanol–water partition coefficient (Wildman–Crippen LogP) is 2.40. The Balaban J connectivity index is 1.79. The Labute approximate surface area is 178 Å². The number of ether oxygens (including phenoxy) is 1. The molecule has 1 saturated carbocycles. The summed E-state index contributed by atoms with van der Waals surface area (Å²) in [6, 6.07) is 14.9. The van der Waals surface area contributed by atoms with Gasteiger partial charge in [0.25, 0.3) is 0 Å². The summed E-state index contributed by atoms with van der Waals surface area (Å²) < 4.78 is 9.15. The van der Waals surface area contributed by atoms with Gasteiger partial charge >= 0.3 is 17.3 Å². The van der Waals surface area contributed by atoms with Crippen LogP contribution in [0.25, 0.3) is 11.3 Å². The highest BCUT2D eigenvalue weighted by atomic mass is 16.5. The lowest BCUT2D eigenvalue weighted by Gasteiger charge is -2.30. The van der Waals surface area contributed by atoms with Crippen LogP contribution in [0, 0.1) is 19.8 Å². The molecule has 5 rings (SSSR count). The minimum absolute atomic E-state index is 0.257. The van der Waals surface area contributed by atoms with Crippen molar-refractivity contribution in [3.05, 3.63) is 92.3 Å². The quantitative estimate of drug-likeness (QED) is 0.614. The van der Waals surface area contributed by atoms with Gasteiger partial charge in [-0.05, 0) is 54.7 Å². The number of fused-ring (bicyclic) bond motifs is 2. The maximum Gasteiger partial charge on any atom is 0.352 e. The first-order valence-corrected chi connectivity index (χ1v) is 10.3. The van der Waals surface area contributed by atoms with Crippen LogP contribution >= 0.6 is 0 Å². The van der Waals surface area contributed by atoms with Gasteiger partial charge in [0.1, 0.15) is 5.54 Å². The van der Waals surface area contributed by atoms with E-state index in [0.29, 0.717) is 12.1 Å². The molecule has 1 aliphatic carbocycles. The monoisotopic (exact) mass is 417 g/mol. The number of carbonyl (C=O) groups is 1. The van der Waals surface area contributed by atoms with Crippen molar-refractivity contribution in [3.63, 3.8) is 0 Å². The molecular weight excluding hydrogens is 394 g/mol. The topological polar surface area (TPSA) is 75.2 Å². The fourth-order valence-electron chi connectivity index (χ4n) is 5.06. The molecular formula is C24H23N3O4. The van der Waals surface area contributed by atoms with Crippen LogP contribution in [-0.4, -0.2) is 27.0 Å². The van der Waals surface area contributed by atoms with E-state index in [1.54, 1.807) is 24.3 Å². The Morgan fingerprint density at radius 1 is 1.00 bits per heavy atom. The molecule has 31 heavy (non-hydrogen) atoms. The molecule has 0 radical (unpaired) electrons. The molecule has 0 N–H and O–H groups in total. The molecule has 2 aromatic carbocycles. The van der Waals surface area contributed by atoms with E-state index in [1.807, 2.05) is 44.2 Å². The predicted molar refractivity (Wildman–Crippen MR) is 116 cm³/mol. The lowest BCUT2D eigenvalue weighted by molar-refractivity contribution is -0.142. The highest BCUT2D eigenvalue weighted by molar-refractivity contribution is 5.88. The van der Waals surface area contributed by atoms with Crippen LogP contribution in [0.1, 0.15) is 23.1 Å². The van der Waals surface area contributed by atoms with Crippen molar-refractivity contribution in [2.75, 3.05) is 7.11 Å². The Hall–Kier alpha value is -3.61. The van der Waals surface area contributed by atoms with Crippen molar-refractivity contribution < 1.29 is 9.53 Å². The number of rotatable bonds is 3. The van der Waals surface area contributed by atoms with E-state index in [4.69, 9.17) is 4.74 Å². The molecule has 1 aliphatic heterocycles. The molecule has 3 aromatic rings. The highest BCUT2D eigenvalue weighted by Gasteiger charge is 2.66. The zero-order chi connectivity index (χ0) is 21.9. The van der Waals surface area contributed by atoms with E-state index < -0.39 is 22.8 Å². The third kappa shape index (κ3) is 2.55. The third-order valence-corrected chi connectivity index (χ3v) is 6.52. The fourth-order valence-corrected chi connectivity index (χ4v) is 5.06. The Bertz CT molecular complexity index is 1340. The lowest BCUT2D eigenvalue weighted by atomic mass is 9.87. The van der Waals surface area contributed by atoms with Gasteiger partial charge in [0.15, 0.2) is 0 Å². The zero-order valence-electron chi connectivity index (χ0n) is 17.7. The maximum atomic E-state index is 13.6. The van der Waals surface area contributed by atoms with Crippen molar-refractivity contribution in [2.24, 2.45) is 5.92 Å². The number of hydrogen-bond donors (Lipinski definition) is 0. The molecule has 1 unspecified atom stereocenters. The van der Waals surface area contributed by atoms with Crippen molar-refractivity contribution in [3.8, 4) is 5.69 Å². The minimum Gasteiger partial charge on any atom is -0.469 e. The van der Waals surface area contributed by atoms with E-state index in [9.17, 15) is 14.4 Å².